The lowest BCUT2D eigenvalue weighted by atomic mass is 10.2. The summed E-state index contributed by atoms with van der Waals surface area (Å²) in [6.45, 7) is 0.489. The number of nitrogens with zero attached hydrogens (tertiary/aromatic N) is 1. The molecule has 2 aromatic carbocycles. The van der Waals surface area contributed by atoms with E-state index in [0.29, 0.717) is 23.2 Å². The van der Waals surface area contributed by atoms with Crippen LogP contribution in [0.4, 0.5) is 5.69 Å². The number of hydrogen-bond donors (Lipinski definition) is 1. The number of amides is 1. The van der Waals surface area contributed by atoms with Gasteiger partial charge in [0, 0.05) is 17.5 Å². The number of anilines is 1. The lowest BCUT2D eigenvalue weighted by molar-refractivity contribution is -0.127. The largest absolute Gasteiger partial charge is 0.476 e. The fourth-order valence-electron chi connectivity index (χ4n) is 3.85. The highest BCUT2D eigenvalue weighted by molar-refractivity contribution is 7.99. The number of rotatable bonds is 7. The Kier molecular flexibility index (Phi) is 6.53. The molecule has 160 valence electrons. The minimum Gasteiger partial charge on any atom is -0.476 e. The predicted octanol–water partition coefficient (Wildman–Crippen LogP) is 3.43. The van der Waals surface area contributed by atoms with Crippen LogP contribution >= 0.6 is 11.8 Å². The van der Waals surface area contributed by atoms with Crippen molar-refractivity contribution >= 4 is 33.4 Å². The highest BCUT2D eigenvalue weighted by atomic mass is 32.2. The Bertz CT molecular complexity index is 976. The molecule has 0 saturated heterocycles. The number of hydrogen-bond acceptors (Lipinski definition) is 5. The average Bonchev–Trinajstić information content (AvgIpc) is 3.30. The van der Waals surface area contributed by atoms with Gasteiger partial charge < -0.3 is 10.1 Å². The van der Waals surface area contributed by atoms with Gasteiger partial charge in [-0.25, -0.2) is 8.42 Å². The first-order valence-electron chi connectivity index (χ1n) is 10.3. The molecule has 2 aliphatic rings. The molecular weight excluding hydrogens is 420 g/mol. The molecule has 0 radical (unpaired) electrons. The molecule has 1 amide bonds. The topological polar surface area (TPSA) is 75.7 Å². The van der Waals surface area contributed by atoms with Crippen molar-refractivity contribution in [1.29, 1.82) is 0 Å². The second kappa shape index (κ2) is 9.31. The monoisotopic (exact) mass is 446 g/mol. The zero-order valence-corrected chi connectivity index (χ0v) is 18.3. The lowest BCUT2D eigenvalue weighted by Gasteiger charge is -2.34. The summed E-state index contributed by atoms with van der Waals surface area (Å²) in [5, 5.41) is 3.61. The first-order chi connectivity index (χ1) is 14.6. The van der Waals surface area contributed by atoms with Crippen LogP contribution in [-0.4, -0.2) is 44.5 Å². The Morgan fingerprint density at radius 1 is 1.07 bits per heavy atom. The summed E-state index contributed by atoms with van der Waals surface area (Å²) >= 11 is 1.90. The van der Waals surface area contributed by atoms with Crippen LogP contribution in [0, 0.1) is 0 Å². The van der Waals surface area contributed by atoms with Crippen molar-refractivity contribution < 1.29 is 17.9 Å². The van der Waals surface area contributed by atoms with E-state index in [1.807, 2.05) is 11.8 Å². The molecule has 2 aromatic rings. The van der Waals surface area contributed by atoms with Gasteiger partial charge in [-0.3, -0.25) is 9.10 Å². The van der Waals surface area contributed by atoms with Crippen LogP contribution in [0.5, 0.6) is 5.75 Å². The van der Waals surface area contributed by atoms with E-state index in [2.05, 4.69) is 5.32 Å². The first-order valence-corrected chi connectivity index (χ1v) is 12.8. The Hall–Kier alpha value is -2.19. The van der Waals surface area contributed by atoms with Gasteiger partial charge >= 0.3 is 0 Å². The number of carbonyl (C=O) groups is 1. The average molecular weight is 447 g/mol. The zero-order chi connectivity index (χ0) is 21.0. The Morgan fingerprint density at radius 3 is 2.53 bits per heavy atom. The number of para-hydroxylation sites is 2. The lowest BCUT2D eigenvalue weighted by Crippen LogP contribution is -2.51. The summed E-state index contributed by atoms with van der Waals surface area (Å²) < 4.78 is 33.7. The molecule has 0 unspecified atom stereocenters. The van der Waals surface area contributed by atoms with E-state index >= 15 is 0 Å². The Morgan fingerprint density at radius 2 is 1.77 bits per heavy atom. The number of thioether (sulfide) groups is 1. The fourth-order valence-corrected chi connectivity index (χ4v) is 6.57. The van der Waals surface area contributed by atoms with E-state index in [4.69, 9.17) is 4.74 Å². The van der Waals surface area contributed by atoms with Gasteiger partial charge in [-0.15, -0.1) is 0 Å². The van der Waals surface area contributed by atoms with E-state index in [1.165, 1.54) is 30.0 Å². The van der Waals surface area contributed by atoms with Crippen LogP contribution in [-0.2, 0) is 14.8 Å². The van der Waals surface area contributed by atoms with Crippen LogP contribution < -0.4 is 14.4 Å². The number of fused-ring (bicyclic) bond motifs is 1. The van der Waals surface area contributed by atoms with E-state index in [9.17, 15) is 13.2 Å². The highest BCUT2D eigenvalue weighted by Gasteiger charge is 2.37. The molecule has 4 rings (SSSR count). The van der Waals surface area contributed by atoms with Crippen molar-refractivity contribution in [3.05, 3.63) is 54.6 Å². The van der Waals surface area contributed by atoms with Crippen LogP contribution in [0.3, 0.4) is 0 Å². The Balaban J connectivity index is 1.46. The molecule has 1 aliphatic carbocycles. The fraction of sp³-hybridized carbons (Fsp3) is 0.409. The summed E-state index contributed by atoms with van der Waals surface area (Å²) in [5.74, 6) is 0.958. The van der Waals surface area contributed by atoms with Crippen molar-refractivity contribution in [1.82, 2.24) is 5.32 Å². The molecule has 1 heterocycles. The van der Waals surface area contributed by atoms with Gasteiger partial charge in [-0.1, -0.05) is 43.2 Å². The molecule has 6 nitrogen and oxygen atoms in total. The van der Waals surface area contributed by atoms with Crippen LogP contribution in [0.2, 0.25) is 0 Å². The Labute approximate surface area is 182 Å². The minimum atomic E-state index is -3.81. The van der Waals surface area contributed by atoms with Crippen molar-refractivity contribution in [2.45, 2.75) is 41.9 Å². The number of benzene rings is 2. The van der Waals surface area contributed by atoms with E-state index in [1.54, 1.807) is 54.6 Å². The maximum atomic E-state index is 13.3. The molecular formula is C22H26N2O4S2. The summed E-state index contributed by atoms with van der Waals surface area (Å²) in [6.07, 6.45) is 4.21. The predicted molar refractivity (Wildman–Crippen MR) is 120 cm³/mol. The maximum Gasteiger partial charge on any atom is 0.264 e. The second-order valence-corrected chi connectivity index (χ2v) is 10.8. The van der Waals surface area contributed by atoms with Gasteiger partial charge in [0.05, 0.1) is 17.1 Å². The van der Waals surface area contributed by atoms with Crippen LogP contribution in [0.25, 0.3) is 0 Å². The highest BCUT2D eigenvalue weighted by Crippen LogP contribution is 2.36. The minimum absolute atomic E-state index is 0.0597. The number of nitrogens with one attached hydrogen (secondary N) is 1. The molecule has 0 bridgehead atoms. The van der Waals surface area contributed by atoms with Crippen molar-refractivity contribution in [2.75, 3.05) is 23.1 Å². The molecule has 1 atom stereocenters. The summed E-state index contributed by atoms with van der Waals surface area (Å²) in [4.78, 5) is 12.9. The molecule has 0 spiro atoms. The van der Waals surface area contributed by atoms with Crippen molar-refractivity contribution in [2.24, 2.45) is 0 Å². The smallest absolute Gasteiger partial charge is 0.264 e. The SMILES string of the molecule is O=C(NCCSC1CCCC1)[C@H]1CN(S(=O)(=O)c2ccccc2)c2ccccc2O1. The normalized spacial score (nSPS) is 19.2. The molecule has 1 fully saturated rings. The van der Waals surface area contributed by atoms with Gasteiger partial charge in [0.25, 0.3) is 15.9 Å². The molecule has 1 aliphatic heterocycles. The molecule has 1 saturated carbocycles. The summed E-state index contributed by atoms with van der Waals surface area (Å²) in [7, 11) is -3.81. The van der Waals surface area contributed by atoms with Gasteiger partial charge in [0.15, 0.2) is 6.10 Å². The molecule has 8 heteroatoms. The number of sulfonamides is 1. The first kappa shape index (κ1) is 21.1. The standard InChI is InChI=1S/C22H26N2O4S2/c25-22(23-14-15-29-17-8-4-5-9-17)21-16-24(19-12-6-7-13-20(19)28-21)30(26,27)18-10-2-1-3-11-18/h1-3,6-7,10-13,17,21H,4-5,8-9,14-16H2,(H,23,25)/t21-/m1/s1. The van der Waals surface area contributed by atoms with Gasteiger partial charge in [0.2, 0.25) is 0 Å². The summed E-state index contributed by atoms with van der Waals surface area (Å²) in [6, 6.07) is 15.2. The van der Waals surface area contributed by atoms with E-state index in [0.717, 1.165) is 5.75 Å². The van der Waals surface area contributed by atoms with Crippen molar-refractivity contribution in [3.8, 4) is 5.75 Å². The van der Waals surface area contributed by atoms with E-state index in [-0.39, 0.29) is 17.3 Å². The maximum absolute atomic E-state index is 13.3. The molecule has 1 N–H and O–H groups in total. The van der Waals surface area contributed by atoms with Crippen LogP contribution in [0.1, 0.15) is 25.7 Å². The van der Waals surface area contributed by atoms with Gasteiger partial charge in [-0.2, -0.15) is 11.8 Å². The zero-order valence-electron chi connectivity index (χ0n) is 16.7. The number of carbonyl (C=O) groups excluding carboxylic acids is 1. The number of ether oxygens (including phenoxy) is 1. The third-order valence-corrected chi connectivity index (χ3v) is 8.59. The third kappa shape index (κ3) is 4.59. The third-order valence-electron chi connectivity index (χ3n) is 5.42. The molecule has 0 aromatic heterocycles. The quantitative estimate of drug-likeness (QED) is 0.660. The molecule has 30 heavy (non-hydrogen) atoms. The van der Waals surface area contributed by atoms with Crippen LogP contribution in [0.15, 0.2) is 59.5 Å². The van der Waals surface area contributed by atoms with Gasteiger partial charge in [-0.05, 0) is 37.1 Å². The van der Waals surface area contributed by atoms with Gasteiger partial charge in [0.1, 0.15) is 5.75 Å². The second-order valence-electron chi connectivity index (χ2n) is 7.49. The van der Waals surface area contributed by atoms with Crippen molar-refractivity contribution in [3.63, 3.8) is 0 Å². The summed E-state index contributed by atoms with van der Waals surface area (Å²) in [5.41, 5.74) is 0.446. The van der Waals surface area contributed by atoms with E-state index < -0.39 is 16.1 Å².